The molecule has 0 aromatic heterocycles. The second-order valence-electron chi connectivity index (χ2n) is 4.25. The van der Waals surface area contributed by atoms with Gasteiger partial charge >= 0.3 is 0 Å². The van der Waals surface area contributed by atoms with E-state index in [0.29, 0.717) is 6.04 Å². The Bertz CT molecular complexity index is 313. The Labute approximate surface area is 97.8 Å². The van der Waals surface area contributed by atoms with Crippen molar-refractivity contribution in [2.45, 2.75) is 18.9 Å². The summed E-state index contributed by atoms with van der Waals surface area (Å²) in [7, 11) is 0. The van der Waals surface area contributed by atoms with E-state index in [-0.39, 0.29) is 0 Å². The largest absolute Gasteiger partial charge is 0.317 e. The molecule has 1 heterocycles. The fraction of sp³-hybridized carbons (Fsp3) is 0.429. The van der Waals surface area contributed by atoms with Crippen molar-refractivity contribution in [2.24, 2.45) is 0 Å². The van der Waals surface area contributed by atoms with Gasteiger partial charge in [-0.25, -0.2) is 0 Å². The number of hydrogen-bond donors (Lipinski definition) is 2. The summed E-state index contributed by atoms with van der Waals surface area (Å²) in [6.07, 6.45) is 6.88. The maximum absolute atomic E-state index is 3.57. The van der Waals surface area contributed by atoms with Crippen LogP contribution in [0.25, 0.3) is 6.08 Å². The van der Waals surface area contributed by atoms with Gasteiger partial charge in [-0.05, 0) is 31.5 Å². The molecular weight excluding hydrogens is 196 g/mol. The van der Waals surface area contributed by atoms with E-state index in [4.69, 9.17) is 0 Å². The Morgan fingerprint density at radius 2 is 1.94 bits per heavy atom. The molecule has 0 unspecified atom stereocenters. The van der Waals surface area contributed by atoms with Gasteiger partial charge in [0.1, 0.15) is 0 Å². The van der Waals surface area contributed by atoms with Gasteiger partial charge in [-0.3, -0.25) is 0 Å². The third-order valence-corrected chi connectivity index (χ3v) is 2.97. The Kier molecular flexibility index (Phi) is 4.59. The highest BCUT2D eigenvalue weighted by molar-refractivity contribution is 5.48. The summed E-state index contributed by atoms with van der Waals surface area (Å²) in [5, 5.41) is 6.94. The van der Waals surface area contributed by atoms with Crippen LogP contribution in [0.15, 0.2) is 36.4 Å². The smallest absolute Gasteiger partial charge is 0.0140 e. The van der Waals surface area contributed by atoms with Gasteiger partial charge in [0.05, 0.1) is 0 Å². The Hall–Kier alpha value is -1.12. The van der Waals surface area contributed by atoms with Crippen LogP contribution in [0.2, 0.25) is 0 Å². The van der Waals surface area contributed by atoms with E-state index in [1.807, 2.05) is 6.07 Å². The zero-order valence-electron chi connectivity index (χ0n) is 9.65. The van der Waals surface area contributed by atoms with Gasteiger partial charge in [-0.2, -0.15) is 0 Å². The lowest BCUT2D eigenvalue weighted by Gasteiger charge is -2.23. The molecule has 16 heavy (non-hydrogen) atoms. The van der Waals surface area contributed by atoms with Gasteiger partial charge in [0.2, 0.25) is 0 Å². The molecule has 2 N–H and O–H groups in total. The normalized spacial score (nSPS) is 18.0. The molecule has 0 aliphatic carbocycles. The maximum Gasteiger partial charge on any atom is 0.0140 e. The second kappa shape index (κ2) is 6.46. The zero-order valence-corrected chi connectivity index (χ0v) is 9.65. The summed E-state index contributed by atoms with van der Waals surface area (Å²) in [6, 6.07) is 11.1. The van der Waals surface area contributed by atoms with Crippen LogP contribution in [-0.4, -0.2) is 25.7 Å². The molecule has 0 saturated carbocycles. The summed E-state index contributed by atoms with van der Waals surface area (Å²) >= 11 is 0. The molecule has 2 nitrogen and oxygen atoms in total. The summed E-state index contributed by atoms with van der Waals surface area (Å²) < 4.78 is 0. The Morgan fingerprint density at radius 1 is 1.19 bits per heavy atom. The van der Waals surface area contributed by atoms with Crippen LogP contribution in [-0.2, 0) is 0 Å². The first kappa shape index (κ1) is 11.4. The fourth-order valence-electron chi connectivity index (χ4n) is 2.02. The molecule has 0 spiro atoms. The molecule has 1 saturated heterocycles. The molecule has 0 bridgehead atoms. The number of hydrogen-bond acceptors (Lipinski definition) is 2. The van der Waals surface area contributed by atoms with E-state index in [9.17, 15) is 0 Å². The highest BCUT2D eigenvalue weighted by Gasteiger charge is 2.10. The molecule has 1 aromatic carbocycles. The lowest BCUT2D eigenvalue weighted by atomic mass is 10.1. The van der Waals surface area contributed by atoms with Gasteiger partial charge in [-0.1, -0.05) is 42.5 Å². The summed E-state index contributed by atoms with van der Waals surface area (Å²) in [5.41, 5.74) is 1.27. The van der Waals surface area contributed by atoms with E-state index in [1.165, 1.54) is 18.4 Å². The number of piperidine rings is 1. The molecule has 86 valence electrons. The van der Waals surface area contributed by atoms with E-state index >= 15 is 0 Å². The van der Waals surface area contributed by atoms with Gasteiger partial charge in [0.15, 0.2) is 0 Å². The van der Waals surface area contributed by atoms with Gasteiger partial charge < -0.3 is 10.6 Å². The molecule has 2 heteroatoms. The van der Waals surface area contributed by atoms with Crippen LogP contribution in [0.1, 0.15) is 18.4 Å². The first-order valence-corrected chi connectivity index (χ1v) is 6.11. The molecule has 0 amide bonds. The minimum atomic E-state index is 0.696. The average Bonchev–Trinajstić information content (AvgIpc) is 2.37. The summed E-state index contributed by atoms with van der Waals surface area (Å²) in [6.45, 7) is 3.28. The third kappa shape index (κ3) is 3.80. The van der Waals surface area contributed by atoms with E-state index in [2.05, 4.69) is 47.1 Å². The van der Waals surface area contributed by atoms with Crippen LogP contribution in [0.3, 0.4) is 0 Å². The first-order valence-electron chi connectivity index (χ1n) is 6.11. The number of nitrogens with one attached hydrogen (secondary N) is 2. The van der Waals surface area contributed by atoms with Crippen LogP contribution in [0.5, 0.6) is 0 Å². The van der Waals surface area contributed by atoms with Crippen molar-refractivity contribution in [2.75, 3.05) is 19.6 Å². The molecule has 1 aliphatic rings. The van der Waals surface area contributed by atoms with Crippen molar-refractivity contribution >= 4 is 6.08 Å². The lowest BCUT2D eigenvalue weighted by molar-refractivity contribution is 0.400. The van der Waals surface area contributed by atoms with Crippen molar-refractivity contribution in [3.05, 3.63) is 42.0 Å². The average molecular weight is 216 g/mol. The quantitative estimate of drug-likeness (QED) is 0.805. The van der Waals surface area contributed by atoms with Crippen LogP contribution >= 0.6 is 0 Å². The minimum Gasteiger partial charge on any atom is -0.317 e. The third-order valence-electron chi connectivity index (χ3n) is 2.97. The Morgan fingerprint density at radius 3 is 2.69 bits per heavy atom. The van der Waals surface area contributed by atoms with E-state index in [0.717, 1.165) is 19.6 Å². The van der Waals surface area contributed by atoms with Crippen molar-refractivity contribution in [1.29, 1.82) is 0 Å². The molecule has 1 fully saturated rings. The van der Waals surface area contributed by atoms with Gasteiger partial charge in [0.25, 0.3) is 0 Å². The first-order chi connectivity index (χ1) is 7.95. The SMILES string of the molecule is C(=C\c1ccccc1)/CNC1CCNCC1. The van der Waals surface area contributed by atoms with Crippen molar-refractivity contribution < 1.29 is 0 Å². The van der Waals surface area contributed by atoms with Crippen molar-refractivity contribution in [3.8, 4) is 0 Å². The van der Waals surface area contributed by atoms with Gasteiger partial charge in [-0.15, -0.1) is 0 Å². The van der Waals surface area contributed by atoms with E-state index in [1.54, 1.807) is 0 Å². The molecular formula is C14H20N2. The van der Waals surface area contributed by atoms with Crippen LogP contribution in [0.4, 0.5) is 0 Å². The standard InChI is InChI=1S/C14H20N2/c1-2-5-13(6-3-1)7-4-10-16-14-8-11-15-12-9-14/h1-7,14-16H,8-12H2/b7-4+. The Balaban J connectivity index is 1.69. The predicted molar refractivity (Wildman–Crippen MR) is 69.4 cm³/mol. The fourth-order valence-corrected chi connectivity index (χ4v) is 2.02. The monoisotopic (exact) mass is 216 g/mol. The summed E-state index contributed by atoms with van der Waals surface area (Å²) in [5.74, 6) is 0. The molecule has 2 rings (SSSR count). The van der Waals surface area contributed by atoms with Crippen molar-refractivity contribution in [3.63, 3.8) is 0 Å². The summed E-state index contributed by atoms with van der Waals surface area (Å²) in [4.78, 5) is 0. The molecule has 0 radical (unpaired) electrons. The topological polar surface area (TPSA) is 24.1 Å². The van der Waals surface area contributed by atoms with Crippen molar-refractivity contribution in [1.82, 2.24) is 10.6 Å². The number of rotatable bonds is 4. The highest BCUT2D eigenvalue weighted by atomic mass is 15.0. The van der Waals surface area contributed by atoms with Crippen LogP contribution in [0, 0.1) is 0 Å². The molecule has 1 aliphatic heterocycles. The van der Waals surface area contributed by atoms with Gasteiger partial charge in [0, 0.05) is 12.6 Å². The zero-order chi connectivity index (χ0) is 11.1. The number of benzene rings is 1. The molecule has 1 aromatic rings. The van der Waals surface area contributed by atoms with E-state index < -0.39 is 0 Å². The van der Waals surface area contributed by atoms with Crippen LogP contribution < -0.4 is 10.6 Å². The predicted octanol–water partition coefficient (Wildman–Crippen LogP) is 2.04. The minimum absolute atomic E-state index is 0.696. The highest BCUT2D eigenvalue weighted by Crippen LogP contribution is 2.02. The second-order valence-corrected chi connectivity index (χ2v) is 4.25. The maximum atomic E-state index is 3.57. The lowest BCUT2D eigenvalue weighted by Crippen LogP contribution is -2.39. The molecule has 0 atom stereocenters.